The summed E-state index contributed by atoms with van der Waals surface area (Å²) in [6, 6.07) is 0.564. The van der Waals surface area contributed by atoms with Crippen LogP contribution in [-0.4, -0.2) is 32.0 Å². The van der Waals surface area contributed by atoms with E-state index in [-0.39, 0.29) is 11.3 Å². The molecule has 0 heterocycles. The van der Waals surface area contributed by atoms with Crippen LogP contribution in [-0.2, 0) is 9.84 Å². The molecule has 0 radical (unpaired) electrons. The van der Waals surface area contributed by atoms with Crippen molar-refractivity contribution in [3.63, 3.8) is 0 Å². The van der Waals surface area contributed by atoms with Crippen LogP contribution in [0.2, 0.25) is 0 Å². The Labute approximate surface area is 99.9 Å². The first kappa shape index (κ1) is 14.0. The summed E-state index contributed by atoms with van der Waals surface area (Å²) in [5, 5.41) is 3.61. The van der Waals surface area contributed by atoms with E-state index in [2.05, 4.69) is 26.1 Å². The van der Waals surface area contributed by atoms with Gasteiger partial charge in [0, 0.05) is 17.8 Å². The Balaban J connectivity index is 2.43. The zero-order chi connectivity index (χ0) is 12.4. The van der Waals surface area contributed by atoms with Crippen molar-refractivity contribution < 1.29 is 8.42 Å². The fourth-order valence-corrected chi connectivity index (χ4v) is 2.95. The molecule has 0 bridgehead atoms. The maximum atomic E-state index is 11.2. The molecule has 0 aromatic carbocycles. The molecule has 0 amide bonds. The Kier molecular flexibility index (Phi) is 4.41. The Morgan fingerprint density at radius 1 is 1.38 bits per heavy atom. The Hall–Kier alpha value is -0.0900. The highest BCUT2D eigenvalue weighted by Crippen LogP contribution is 2.35. The summed E-state index contributed by atoms with van der Waals surface area (Å²) in [6.45, 7) is 6.40. The van der Waals surface area contributed by atoms with E-state index in [1.54, 1.807) is 0 Å². The molecule has 0 saturated heterocycles. The molecular formula is C12H25NO2S. The lowest BCUT2D eigenvalue weighted by Crippen LogP contribution is -2.47. The summed E-state index contributed by atoms with van der Waals surface area (Å²) in [4.78, 5) is 0. The molecule has 16 heavy (non-hydrogen) atoms. The number of nitrogens with one attached hydrogen (secondary N) is 1. The van der Waals surface area contributed by atoms with Crippen LogP contribution < -0.4 is 5.32 Å². The second-order valence-electron chi connectivity index (χ2n) is 5.76. The van der Waals surface area contributed by atoms with Gasteiger partial charge in [-0.25, -0.2) is 8.42 Å². The highest BCUT2D eigenvalue weighted by atomic mass is 32.2. The molecule has 1 atom stereocenters. The van der Waals surface area contributed by atoms with Gasteiger partial charge in [0.25, 0.3) is 0 Å². The van der Waals surface area contributed by atoms with Gasteiger partial charge in [0.05, 0.1) is 5.75 Å². The monoisotopic (exact) mass is 247 g/mol. The lowest BCUT2D eigenvalue weighted by molar-refractivity contribution is 0.299. The molecule has 0 aromatic heterocycles. The predicted octanol–water partition coefficient (Wildman–Crippen LogP) is 1.98. The molecule has 1 rings (SSSR count). The van der Waals surface area contributed by atoms with Crippen molar-refractivity contribution in [3.05, 3.63) is 0 Å². The number of sulfone groups is 1. The summed E-state index contributed by atoms with van der Waals surface area (Å²) in [7, 11) is -2.84. The van der Waals surface area contributed by atoms with E-state index in [1.807, 2.05) is 0 Å². The van der Waals surface area contributed by atoms with Crippen LogP contribution >= 0.6 is 0 Å². The first-order chi connectivity index (χ1) is 7.23. The normalized spacial score (nSPS) is 19.8. The average Bonchev–Trinajstić information content (AvgIpc) is 2.93. The van der Waals surface area contributed by atoms with Crippen molar-refractivity contribution in [1.29, 1.82) is 0 Å². The predicted molar refractivity (Wildman–Crippen MR) is 68.3 cm³/mol. The molecule has 1 saturated carbocycles. The summed E-state index contributed by atoms with van der Waals surface area (Å²) in [5.41, 5.74) is -0.0770. The lowest BCUT2D eigenvalue weighted by Gasteiger charge is -2.31. The third-order valence-electron chi connectivity index (χ3n) is 3.30. The molecule has 4 heteroatoms. The van der Waals surface area contributed by atoms with E-state index in [4.69, 9.17) is 0 Å². The molecule has 1 aliphatic carbocycles. The Bertz CT molecular complexity index is 318. The fourth-order valence-electron chi connectivity index (χ4n) is 2.07. The molecule has 1 aliphatic rings. The van der Waals surface area contributed by atoms with E-state index >= 15 is 0 Å². The van der Waals surface area contributed by atoms with Crippen molar-refractivity contribution in [2.75, 3.05) is 12.0 Å². The molecule has 0 spiro atoms. The number of hydrogen-bond acceptors (Lipinski definition) is 3. The fraction of sp³-hybridized carbons (Fsp3) is 1.00. The molecule has 0 aliphatic heterocycles. The minimum Gasteiger partial charge on any atom is -0.309 e. The highest BCUT2D eigenvalue weighted by Gasteiger charge is 2.33. The Morgan fingerprint density at radius 2 is 1.94 bits per heavy atom. The maximum Gasteiger partial charge on any atom is 0.147 e. The summed E-state index contributed by atoms with van der Waals surface area (Å²) in [5.74, 6) is 1.09. The third kappa shape index (κ3) is 5.30. The minimum absolute atomic E-state index is 0.0770. The van der Waals surface area contributed by atoms with Gasteiger partial charge in [-0.3, -0.25) is 0 Å². The van der Waals surface area contributed by atoms with Crippen molar-refractivity contribution in [2.24, 2.45) is 5.92 Å². The van der Waals surface area contributed by atoms with Crippen molar-refractivity contribution in [3.8, 4) is 0 Å². The van der Waals surface area contributed by atoms with E-state index in [0.29, 0.717) is 12.5 Å². The molecule has 0 aromatic rings. The van der Waals surface area contributed by atoms with Crippen LogP contribution in [0, 0.1) is 5.92 Å². The molecule has 1 fully saturated rings. The maximum absolute atomic E-state index is 11.2. The first-order valence-electron chi connectivity index (χ1n) is 6.19. The number of rotatable bonds is 7. The van der Waals surface area contributed by atoms with Crippen LogP contribution in [0.4, 0.5) is 0 Å². The molecule has 3 nitrogen and oxygen atoms in total. The highest BCUT2D eigenvalue weighted by molar-refractivity contribution is 7.90. The zero-order valence-electron chi connectivity index (χ0n) is 10.9. The molecule has 96 valence electrons. The Morgan fingerprint density at radius 3 is 2.31 bits per heavy atom. The van der Waals surface area contributed by atoms with Crippen LogP contribution in [0.15, 0.2) is 0 Å². The van der Waals surface area contributed by atoms with Gasteiger partial charge in [0.1, 0.15) is 9.84 Å². The van der Waals surface area contributed by atoms with E-state index in [0.717, 1.165) is 12.3 Å². The molecule has 1 N–H and O–H groups in total. The van der Waals surface area contributed by atoms with E-state index in [1.165, 1.54) is 19.1 Å². The van der Waals surface area contributed by atoms with Crippen LogP contribution in [0.3, 0.4) is 0 Å². The molecular weight excluding hydrogens is 222 g/mol. The number of hydrogen-bond donors (Lipinski definition) is 1. The quantitative estimate of drug-likeness (QED) is 0.748. The SMILES string of the molecule is CCC(NC(C)(C)CCS(C)(=O)=O)C1CC1. The van der Waals surface area contributed by atoms with Gasteiger partial charge in [0.2, 0.25) is 0 Å². The average molecular weight is 247 g/mol. The van der Waals surface area contributed by atoms with E-state index < -0.39 is 9.84 Å². The zero-order valence-corrected chi connectivity index (χ0v) is 11.7. The van der Waals surface area contributed by atoms with Gasteiger partial charge in [-0.15, -0.1) is 0 Å². The largest absolute Gasteiger partial charge is 0.309 e. The minimum atomic E-state index is -2.84. The first-order valence-corrected chi connectivity index (χ1v) is 8.25. The van der Waals surface area contributed by atoms with Crippen LogP contribution in [0.5, 0.6) is 0 Å². The van der Waals surface area contributed by atoms with Gasteiger partial charge < -0.3 is 5.32 Å². The molecule has 1 unspecified atom stereocenters. The standard InChI is InChI=1S/C12H25NO2S/c1-5-11(10-6-7-10)13-12(2,3)8-9-16(4,14)15/h10-11,13H,5-9H2,1-4H3. The van der Waals surface area contributed by atoms with Crippen molar-refractivity contribution >= 4 is 9.84 Å². The van der Waals surface area contributed by atoms with Gasteiger partial charge in [-0.1, -0.05) is 6.92 Å². The van der Waals surface area contributed by atoms with Gasteiger partial charge in [-0.2, -0.15) is 0 Å². The second-order valence-corrected chi connectivity index (χ2v) is 8.02. The van der Waals surface area contributed by atoms with Gasteiger partial charge >= 0.3 is 0 Å². The summed E-state index contributed by atoms with van der Waals surface area (Å²) < 4.78 is 22.3. The van der Waals surface area contributed by atoms with Crippen LogP contribution in [0.25, 0.3) is 0 Å². The topological polar surface area (TPSA) is 46.2 Å². The summed E-state index contributed by atoms with van der Waals surface area (Å²) in [6.07, 6.45) is 5.78. The van der Waals surface area contributed by atoms with Crippen molar-refractivity contribution in [2.45, 2.75) is 58.0 Å². The van der Waals surface area contributed by atoms with Gasteiger partial charge in [-0.05, 0) is 45.4 Å². The lowest BCUT2D eigenvalue weighted by atomic mass is 9.98. The van der Waals surface area contributed by atoms with Crippen molar-refractivity contribution in [1.82, 2.24) is 5.32 Å². The summed E-state index contributed by atoms with van der Waals surface area (Å²) >= 11 is 0. The van der Waals surface area contributed by atoms with Gasteiger partial charge in [0.15, 0.2) is 0 Å². The second kappa shape index (κ2) is 5.05. The van der Waals surface area contributed by atoms with Crippen LogP contribution in [0.1, 0.15) is 46.5 Å². The van der Waals surface area contributed by atoms with E-state index in [9.17, 15) is 8.42 Å². The third-order valence-corrected chi connectivity index (χ3v) is 4.25. The smallest absolute Gasteiger partial charge is 0.147 e.